The number of hydrogen-bond donors (Lipinski definition) is 9. The first-order valence-corrected chi connectivity index (χ1v) is 17.5. The Morgan fingerprint density at radius 2 is 1.14 bits per heavy atom. The summed E-state index contributed by atoms with van der Waals surface area (Å²) in [6, 6.07) is 14.5. The van der Waals surface area contributed by atoms with Crippen LogP contribution in [0.3, 0.4) is 0 Å². The van der Waals surface area contributed by atoms with E-state index in [0.29, 0.717) is 27.1 Å². The van der Waals surface area contributed by atoms with Crippen molar-refractivity contribution in [2.45, 2.75) is 34.4 Å². The van der Waals surface area contributed by atoms with E-state index in [4.69, 9.17) is 24.4 Å². The lowest BCUT2D eigenvalue weighted by Gasteiger charge is -2.10. The van der Waals surface area contributed by atoms with E-state index in [1.807, 2.05) is 25.1 Å². The van der Waals surface area contributed by atoms with Gasteiger partial charge in [-0.2, -0.15) is 5.26 Å². The maximum Gasteiger partial charge on any atom is 0.200 e. The molecule has 4 aromatic carbocycles. The fourth-order valence-electron chi connectivity index (χ4n) is 4.06. The number of hydrogen-bond acceptors (Lipinski definition) is 10. The summed E-state index contributed by atoms with van der Waals surface area (Å²) in [6.07, 6.45) is 4.79. The molecule has 0 unspecified atom stereocenters. The predicted molar refractivity (Wildman–Crippen MR) is 218 cm³/mol. The topological polar surface area (TPSA) is 189 Å². The van der Waals surface area contributed by atoms with Crippen LogP contribution in [0.2, 0.25) is 0 Å². The summed E-state index contributed by atoms with van der Waals surface area (Å²) in [5.74, 6) is -1.67. The second kappa shape index (κ2) is 19.3. The first-order valence-electron chi connectivity index (χ1n) is 14.3. The van der Waals surface area contributed by atoms with Gasteiger partial charge in [0, 0.05) is 33.2 Å². The van der Waals surface area contributed by atoms with Crippen molar-refractivity contribution in [3.05, 3.63) is 107 Å². The lowest BCUT2D eigenvalue weighted by Crippen LogP contribution is -2.22. The summed E-state index contributed by atoms with van der Waals surface area (Å²) in [5.41, 5.74) is 4.27. The normalized spacial score (nSPS) is 10.8. The molecule has 0 spiro atoms. The summed E-state index contributed by atoms with van der Waals surface area (Å²) in [6.45, 7) is 4.37. The Hall–Kier alpha value is -4.33. The zero-order valence-electron chi connectivity index (χ0n) is 26.3. The van der Waals surface area contributed by atoms with Crippen LogP contribution in [-0.4, -0.2) is 45.7 Å². The van der Waals surface area contributed by atoms with Gasteiger partial charge in [0.2, 0.25) is 0 Å². The Kier molecular flexibility index (Phi) is 16.2. The average Bonchev–Trinajstić information content (AvgIpc) is 3.06. The Labute approximate surface area is 331 Å². The highest BCUT2D eigenvalue weighted by molar-refractivity contribution is 9.11. The largest absolute Gasteiger partial charge is 0.508 e. The Morgan fingerprint density at radius 3 is 1.61 bits per heavy atom. The first-order chi connectivity index (χ1) is 23.5. The SMILES string of the molecule is C.Cc1c(O)cc(CNC(=S)/C(C#N)=C/c2cc(O)c(O)c(O)c2)cc1Br.Cc1c(O)cc(CNC(=S)/C=C/c2cc(O)c(O)c(Br)c2)cc1Br. The molecular weight excluding hydrogens is 890 g/mol. The lowest BCUT2D eigenvalue weighted by molar-refractivity contribution is 0.368. The van der Waals surface area contributed by atoms with E-state index in [9.17, 15) is 41.0 Å². The van der Waals surface area contributed by atoms with Crippen LogP contribution in [0, 0.1) is 25.2 Å². The van der Waals surface area contributed by atoms with Gasteiger partial charge < -0.3 is 46.4 Å². The molecule has 51 heavy (non-hydrogen) atoms. The molecule has 0 fully saturated rings. The number of nitrogens with one attached hydrogen (secondary N) is 2. The van der Waals surface area contributed by atoms with Crippen molar-refractivity contribution in [1.29, 1.82) is 5.26 Å². The molecule has 268 valence electrons. The Bertz CT molecular complexity index is 1970. The fourth-order valence-corrected chi connectivity index (χ4v) is 5.84. The number of nitriles is 1. The second-order valence-corrected chi connectivity index (χ2v) is 14.0. The molecule has 0 bridgehead atoms. The van der Waals surface area contributed by atoms with Gasteiger partial charge in [-0.3, -0.25) is 0 Å². The van der Waals surface area contributed by atoms with Gasteiger partial charge in [0.15, 0.2) is 28.7 Å². The standard InChI is InChI=1S/C18H15BrN2O4S.C17H15Br2NO3S.CH4/c1-9-13(19)3-11(6-14(9)22)8-21-18(26)12(7-20)2-10-4-15(23)17(25)16(24)5-10;1-9-12(18)5-11(7-14(9)21)8-20-16(24)3-2-10-4-13(19)17(23)15(22)6-10;/h2-6,22-25H,8H2,1H3,(H,21,26);2-7,21-23H,8H2,1H3,(H,20,24);1H4/b12-2+;3-2+;. The summed E-state index contributed by atoms with van der Waals surface area (Å²) in [7, 11) is 0. The summed E-state index contributed by atoms with van der Waals surface area (Å²) >= 11 is 20.4. The Balaban J connectivity index is 0.000000348. The molecule has 0 saturated carbocycles. The lowest BCUT2D eigenvalue weighted by atomic mass is 10.1. The zero-order valence-corrected chi connectivity index (χ0v) is 32.7. The van der Waals surface area contributed by atoms with E-state index >= 15 is 0 Å². The predicted octanol–water partition coefficient (Wildman–Crippen LogP) is 9.01. The van der Waals surface area contributed by atoms with Crippen molar-refractivity contribution in [2.24, 2.45) is 0 Å². The van der Waals surface area contributed by atoms with Crippen LogP contribution >= 0.6 is 72.2 Å². The van der Waals surface area contributed by atoms with Gasteiger partial charge in [-0.25, -0.2) is 0 Å². The number of benzene rings is 4. The zero-order chi connectivity index (χ0) is 37.3. The first kappa shape index (κ1) is 42.8. The van der Waals surface area contributed by atoms with E-state index in [0.717, 1.165) is 31.2 Å². The maximum absolute atomic E-state index is 9.85. The quantitative estimate of drug-likeness (QED) is 0.0354. The highest BCUT2D eigenvalue weighted by atomic mass is 79.9. The van der Waals surface area contributed by atoms with Crippen LogP contribution in [0.5, 0.6) is 40.2 Å². The molecule has 0 amide bonds. The number of nitrogens with zero attached hydrogens (tertiary/aromatic N) is 1. The van der Waals surface area contributed by atoms with Gasteiger partial charge in [-0.1, -0.05) is 69.8 Å². The van der Waals surface area contributed by atoms with Crippen molar-refractivity contribution in [3.63, 3.8) is 0 Å². The third kappa shape index (κ3) is 12.1. The molecule has 0 atom stereocenters. The molecular formula is C36H34Br3N3O7S2. The molecule has 0 heterocycles. The molecule has 10 nitrogen and oxygen atoms in total. The highest BCUT2D eigenvalue weighted by Gasteiger charge is 2.11. The molecule has 0 aliphatic heterocycles. The number of rotatable bonds is 8. The summed E-state index contributed by atoms with van der Waals surface area (Å²) in [5, 5.41) is 82.5. The monoisotopic (exact) mass is 921 g/mol. The number of halogens is 3. The van der Waals surface area contributed by atoms with Gasteiger partial charge in [-0.15, -0.1) is 0 Å². The average molecular weight is 925 g/mol. The minimum absolute atomic E-state index is 0. The smallest absolute Gasteiger partial charge is 0.200 e. The van der Waals surface area contributed by atoms with Crippen molar-refractivity contribution in [3.8, 4) is 46.3 Å². The van der Waals surface area contributed by atoms with Gasteiger partial charge in [-0.05, 0) is 113 Å². The van der Waals surface area contributed by atoms with Crippen molar-refractivity contribution in [2.75, 3.05) is 0 Å². The van der Waals surface area contributed by atoms with Crippen LogP contribution in [0.1, 0.15) is 40.8 Å². The minimum atomic E-state index is -0.633. The molecule has 9 N–H and O–H groups in total. The highest BCUT2D eigenvalue weighted by Crippen LogP contribution is 2.36. The van der Waals surface area contributed by atoms with Crippen LogP contribution < -0.4 is 10.6 Å². The Morgan fingerprint density at radius 1 is 0.667 bits per heavy atom. The van der Waals surface area contributed by atoms with E-state index in [-0.39, 0.29) is 47.5 Å². The van der Waals surface area contributed by atoms with Crippen LogP contribution in [0.25, 0.3) is 12.2 Å². The molecule has 0 aliphatic rings. The third-order valence-electron chi connectivity index (χ3n) is 6.93. The second-order valence-electron chi connectivity index (χ2n) is 10.6. The molecule has 0 saturated heterocycles. The van der Waals surface area contributed by atoms with Crippen LogP contribution in [0.4, 0.5) is 0 Å². The van der Waals surface area contributed by atoms with Crippen LogP contribution in [0.15, 0.2) is 73.6 Å². The molecule has 4 aromatic rings. The van der Waals surface area contributed by atoms with Crippen LogP contribution in [-0.2, 0) is 13.1 Å². The number of thiocarbonyl (C=S) groups is 2. The number of phenols is 7. The number of aromatic hydroxyl groups is 7. The van der Waals surface area contributed by atoms with E-state index < -0.39 is 17.2 Å². The molecule has 4 rings (SSSR count). The van der Waals surface area contributed by atoms with Gasteiger partial charge >= 0.3 is 0 Å². The third-order valence-corrected chi connectivity index (χ3v) is 9.83. The molecule has 0 aromatic heterocycles. The van der Waals surface area contributed by atoms with Crippen molar-refractivity contribution >= 4 is 94.4 Å². The fraction of sp³-hybridized carbons (Fsp3) is 0.139. The van der Waals surface area contributed by atoms with Gasteiger partial charge in [0.25, 0.3) is 0 Å². The molecule has 0 aliphatic carbocycles. The van der Waals surface area contributed by atoms with E-state index in [1.54, 1.807) is 37.3 Å². The van der Waals surface area contributed by atoms with Crippen molar-refractivity contribution in [1.82, 2.24) is 10.6 Å². The summed E-state index contributed by atoms with van der Waals surface area (Å²) < 4.78 is 2.00. The van der Waals surface area contributed by atoms with Crippen molar-refractivity contribution < 1.29 is 35.7 Å². The molecule has 15 heteroatoms. The molecule has 0 radical (unpaired) electrons. The van der Waals surface area contributed by atoms with Gasteiger partial charge in [0.1, 0.15) is 22.6 Å². The number of phenolic OH excluding ortho intramolecular Hbond substituents is 7. The van der Waals surface area contributed by atoms with E-state index in [2.05, 4.69) is 58.4 Å². The van der Waals surface area contributed by atoms with Gasteiger partial charge in [0.05, 0.1) is 15.0 Å². The summed E-state index contributed by atoms with van der Waals surface area (Å²) in [4.78, 5) is 0.672. The minimum Gasteiger partial charge on any atom is -0.508 e. The maximum atomic E-state index is 9.85. The van der Waals surface area contributed by atoms with E-state index in [1.165, 1.54) is 24.3 Å².